The first-order chi connectivity index (χ1) is 32.6. The van der Waals surface area contributed by atoms with Gasteiger partial charge in [0, 0.05) is 38.2 Å². The second kappa shape index (κ2) is 14.8. The monoisotopic (exact) mass is 849 g/mol. The Bertz CT molecular complexity index is 3580. The van der Waals surface area contributed by atoms with Gasteiger partial charge in [-0.15, -0.1) is 0 Å². The highest BCUT2D eigenvalue weighted by Gasteiger charge is 2.51. The lowest BCUT2D eigenvalue weighted by Crippen LogP contribution is -2.48. The Morgan fingerprint density at radius 2 is 0.848 bits per heavy atom. The first-order valence-electron chi connectivity index (χ1n) is 23.8. The molecule has 15 rings (SSSR count). The van der Waals surface area contributed by atoms with Crippen molar-refractivity contribution in [2.45, 2.75) is 43.9 Å². The topological polar surface area (TPSA) is 39.2 Å². The summed E-state index contributed by atoms with van der Waals surface area (Å²) in [4.78, 5) is 5.59. The Morgan fingerprint density at radius 3 is 1.48 bits per heavy atom. The van der Waals surface area contributed by atoms with Gasteiger partial charge >= 0.3 is 0 Å². The van der Waals surface area contributed by atoms with Crippen LogP contribution >= 0.6 is 0 Å². The molecule has 3 heterocycles. The second-order valence-corrected chi connectivity index (χ2v) is 19.7. The molecule has 0 aliphatic heterocycles. The Labute approximate surface area is 384 Å². The van der Waals surface area contributed by atoms with Crippen LogP contribution in [-0.2, 0) is 5.41 Å². The van der Waals surface area contributed by atoms with Crippen LogP contribution in [0.1, 0.15) is 44.1 Å². The van der Waals surface area contributed by atoms with Crippen LogP contribution in [0.3, 0.4) is 0 Å². The van der Waals surface area contributed by atoms with Gasteiger partial charge in [-0.25, -0.2) is 4.98 Å². The van der Waals surface area contributed by atoms with Gasteiger partial charge in [0.25, 0.3) is 0 Å². The van der Waals surface area contributed by atoms with Crippen molar-refractivity contribution < 1.29 is 8.83 Å². The van der Waals surface area contributed by atoms with Crippen LogP contribution in [0.25, 0.3) is 111 Å². The highest BCUT2D eigenvalue weighted by Crippen LogP contribution is 2.61. The van der Waals surface area contributed by atoms with Gasteiger partial charge in [0.05, 0.1) is 11.4 Å². The Morgan fingerprint density at radius 1 is 0.348 bits per heavy atom. The van der Waals surface area contributed by atoms with Gasteiger partial charge in [-0.3, -0.25) is 0 Å². The minimum Gasteiger partial charge on any atom is -0.455 e. The molecule has 4 bridgehead atoms. The first-order valence-corrected chi connectivity index (χ1v) is 23.8. The van der Waals surface area contributed by atoms with Gasteiger partial charge < -0.3 is 8.83 Å². The third-order valence-electron chi connectivity index (χ3n) is 15.6. The zero-order valence-electron chi connectivity index (χ0n) is 36.7. The standard InChI is InChI=1S/C63H47NO2/c1-3-12-42(13-4-1)45-29-46(43-14-5-2-6-15-43)31-49(30-45)57-34-48(35-58(64-57)54-19-11-18-53-51-16-7-9-20-59(51)65-61(53)54)55-32-47(33-56-52-17-8-10-21-60(52)66-62(55)56)44-22-24-50(25-23-44)63-36-39-26-40(37-63)28-41(27-39)38-63/h1-25,29-35,39-41H,26-28,36-38H2. The van der Waals surface area contributed by atoms with Gasteiger partial charge in [0.2, 0.25) is 0 Å². The third-order valence-corrected chi connectivity index (χ3v) is 15.6. The minimum absolute atomic E-state index is 0.355. The summed E-state index contributed by atoms with van der Waals surface area (Å²) in [5, 5.41) is 4.40. The molecule has 11 aromatic rings. The SMILES string of the molecule is c1ccc(-c2cc(-c3ccccc3)cc(-c3cc(-c4cc(-c5ccc(C67CC8CC(CC(C8)C6)C7)cc5)cc5c4oc4ccccc45)cc(-c4cccc5c4oc4ccccc45)n3)c2)cc1. The van der Waals surface area contributed by atoms with Gasteiger partial charge in [-0.2, -0.15) is 0 Å². The molecule has 3 aromatic heterocycles. The summed E-state index contributed by atoms with van der Waals surface area (Å²) >= 11 is 0. The molecule has 0 saturated heterocycles. The maximum Gasteiger partial charge on any atom is 0.144 e. The highest BCUT2D eigenvalue weighted by molar-refractivity contribution is 6.12. The predicted molar refractivity (Wildman–Crippen MR) is 271 cm³/mol. The molecule has 0 N–H and O–H groups in total. The number of hydrogen-bond acceptors (Lipinski definition) is 3. The number of pyridine rings is 1. The fourth-order valence-corrected chi connectivity index (χ4v) is 13.0. The summed E-state index contributed by atoms with van der Waals surface area (Å²) in [6.07, 6.45) is 8.47. The highest BCUT2D eigenvalue weighted by atomic mass is 16.3. The summed E-state index contributed by atoms with van der Waals surface area (Å²) in [6, 6.07) is 70.3. The molecule has 0 spiro atoms. The van der Waals surface area contributed by atoms with Gasteiger partial charge in [-0.05, 0) is 167 Å². The van der Waals surface area contributed by atoms with Gasteiger partial charge in [-0.1, -0.05) is 133 Å². The van der Waals surface area contributed by atoms with Crippen LogP contribution in [0.2, 0.25) is 0 Å². The maximum atomic E-state index is 6.90. The van der Waals surface area contributed by atoms with E-state index in [0.717, 1.165) is 118 Å². The summed E-state index contributed by atoms with van der Waals surface area (Å²) in [5.41, 5.74) is 18.1. The van der Waals surface area contributed by atoms with E-state index in [9.17, 15) is 0 Å². The molecular formula is C63H47NO2. The number of hydrogen-bond donors (Lipinski definition) is 0. The molecule has 3 nitrogen and oxygen atoms in total. The first kappa shape index (κ1) is 37.8. The molecule has 4 aliphatic rings. The zero-order chi connectivity index (χ0) is 43.3. The fraction of sp³-hybridized carbons (Fsp3) is 0.159. The van der Waals surface area contributed by atoms with E-state index in [0.29, 0.717) is 5.41 Å². The summed E-state index contributed by atoms with van der Waals surface area (Å²) in [5.74, 6) is 2.74. The van der Waals surface area contributed by atoms with Crippen molar-refractivity contribution in [3.05, 3.63) is 200 Å². The molecule has 66 heavy (non-hydrogen) atoms. The van der Waals surface area contributed by atoms with Gasteiger partial charge in [0.15, 0.2) is 0 Å². The molecule has 8 aromatic carbocycles. The largest absolute Gasteiger partial charge is 0.455 e. The maximum absolute atomic E-state index is 6.90. The summed E-state index contributed by atoms with van der Waals surface area (Å²) in [6.45, 7) is 0. The number of fused-ring (bicyclic) bond motifs is 6. The molecule has 4 aliphatic carbocycles. The molecule has 4 fully saturated rings. The predicted octanol–water partition coefficient (Wildman–Crippen LogP) is 17.4. The van der Waals surface area contributed by atoms with Crippen molar-refractivity contribution in [3.63, 3.8) is 0 Å². The molecule has 0 amide bonds. The van der Waals surface area contributed by atoms with E-state index >= 15 is 0 Å². The molecule has 0 atom stereocenters. The van der Waals surface area contributed by atoms with Gasteiger partial charge in [0.1, 0.15) is 22.3 Å². The Hall–Kier alpha value is -7.49. The molecule has 0 radical (unpaired) electrons. The van der Waals surface area contributed by atoms with Crippen molar-refractivity contribution in [2.75, 3.05) is 0 Å². The van der Waals surface area contributed by atoms with E-state index in [1.165, 1.54) is 49.7 Å². The zero-order valence-corrected chi connectivity index (χ0v) is 36.7. The molecule has 4 saturated carbocycles. The Balaban J connectivity index is 0.994. The van der Waals surface area contributed by atoms with Crippen molar-refractivity contribution in [2.24, 2.45) is 17.8 Å². The lowest BCUT2D eigenvalue weighted by molar-refractivity contribution is -0.00518. The van der Waals surface area contributed by atoms with Crippen LogP contribution < -0.4 is 0 Å². The third kappa shape index (κ3) is 6.21. The number of rotatable bonds is 7. The number of furan rings is 2. The van der Waals surface area contributed by atoms with Crippen LogP contribution in [-0.4, -0.2) is 4.98 Å². The summed E-state index contributed by atoms with van der Waals surface area (Å²) < 4.78 is 13.6. The van der Waals surface area contributed by atoms with Crippen molar-refractivity contribution >= 4 is 43.9 Å². The normalized spacial score (nSPS) is 20.0. The number of benzene rings is 8. The molecular weight excluding hydrogens is 803 g/mol. The second-order valence-electron chi connectivity index (χ2n) is 19.7. The van der Waals surface area contributed by atoms with E-state index in [1.807, 2.05) is 12.1 Å². The average molecular weight is 850 g/mol. The quantitative estimate of drug-likeness (QED) is 0.160. The Kier molecular flexibility index (Phi) is 8.47. The van der Waals surface area contributed by atoms with Crippen molar-refractivity contribution in [3.8, 4) is 67.0 Å². The molecule has 3 heteroatoms. The lowest BCUT2D eigenvalue weighted by atomic mass is 9.48. The van der Waals surface area contributed by atoms with Crippen molar-refractivity contribution in [1.82, 2.24) is 4.98 Å². The van der Waals surface area contributed by atoms with E-state index in [-0.39, 0.29) is 0 Å². The molecule has 316 valence electrons. The fourth-order valence-electron chi connectivity index (χ4n) is 13.0. The molecule has 0 unspecified atom stereocenters. The van der Waals surface area contributed by atoms with Crippen LogP contribution in [0, 0.1) is 17.8 Å². The van der Waals surface area contributed by atoms with Crippen LogP contribution in [0.15, 0.2) is 203 Å². The van der Waals surface area contributed by atoms with E-state index in [1.54, 1.807) is 5.56 Å². The number of para-hydroxylation sites is 3. The van der Waals surface area contributed by atoms with E-state index < -0.39 is 0 Å². The number of aromatic nitrogens is 1. The lowest BCUT2D eigenvalue weighted by Gasteiger charge is -2.57. The number of nitrogens with zero attached hydrogens (tertiary/aromatic N) is 1. The van der Waals surface area contributed by atoms with Crippen molar-refractivity contribution in [1.29, 1.82) is 0 Å². The van der Waals surface area contributed by atoms with Crippen LogP contribution in [0.4, 0.5) is 0 Å². The minimum atomic E-state index is 0.355. The van der Waals surface area contributed by atoms with Crippen LogP contribution in [0.5, 0.6) is 0 Å². The van der Waals surface area contributed by atoms with E-state index in [4.69, 9.17) is 13.8 Å². The summed E-state index contributed by atoms with van der Waals surface area (Å²) in [7, 11) is 0. The van der Waals surface area contributed by atoms with E-state index in [2.05, 4.69) is 182 Å². The average Bonchev–Trinajstić information content (AvgIpc) is 3.95. The smallest absolute Gasteiger partial charge is 0.144 e.